The van der Waals surface area contributed by atoms with Crippen LogP contribution in [-0.2, 0) is 0 Å². The third-order valence-electron chi connectivity index (χ3n) is 3.28. The van der Waals surface area contributed by atoms with Crippen LogP contribution in [0, 0.1) is 5.92 Å². The molecular formula is C11H16N4O2. The summed E-state index contributed by atoms with van der Waals surface area (Å²) in [6.07, 6.45) is 0.955. The van der Waals surface area contributed by atoms with Crippen LogP contribution >= 0.6 is 0 Å². The number of likely N-dealkylation sites (tertiary alicyclic amines) is 1. The minimum atomic E-state index is -0.313. The molecule has 0 spiro atoms. The van der Waals surface area contributed by atoms with Gasteiger partial charge in [0.2, 0.25) is 0 Å². The Morgan fingerprint density at radius 3 is 3.00 bits per heavy atom. The fourth-order valence-corrected chi connectivity index (χ4v) is 2.23. The summed E-state index contributed by atoms with van der Waals surface area (Å²) in [6.45, 7) is 3.24. The van der Waals surface area contributed by atoms with Gasteiger partial charge in [-0.05, 0) is 18.4 Å². The van der Waals surface area contributed by atoms with Crippen molar-refractivity contribution in [3.8, 4) is 0 Å². The molecule has 2 unspecified atom stereocenters. The second kappa shape index (κ2) is 4.67. The molecule has 17 heavy (non-hydrogen) atoms. The van der Waals surface area contributed by atoms with Gasteiger partial charge in [-0.15, -0.1) is 0 Å². The van der Waals surface area contributed by atoms with Crippen LogP contribution in [-0.4, -0.2) is 40.1 Å². The zero-order valence-electron chi connectivity index (χ0n) is 9.72. The highest BCUT2D eigenvalue weighted by atomic mass is 16.2. The number of rotatable bonds is 2. The summed E-state index contributed by atoms with van der Waals surface area (Å²) < 4.78 is 0. The van der Waals surface area contributed by atoms with Crippen LogP contribution in [0.15, 0.2) is 16.9 Å². The quantitative estimate of drug-likeness (QED) is 0.729. The molecule has 2 atom stereocenters. The van der Waals surface area contributed by atoms with E-state index in [4.69, 9.17) is 5.73 Å². The average Bonchev–Trinajstić information content (AvgIpc) is 2.70. The molecule has 1 fully saturated rings. The lowest BCUT2D eigenvalue weighted by Gasteiger charge is -2.25. The van der Waals surface area contributed by atoms with Gasteiger partial charge in [-0.3, -0.25) is 9.59 Å². The Bertz CT molecular complexity index is 450. The van der Waals surface area contributed by atoms with Crippen molar-refractivity contribution in [2.75, 3.05) is 13.1 Å². The molecule has 1 aromatic heterocycles. The number of hydrogen-bond acceptors (Lipinski definition) is 4. The van der Waals surface area contributed by atoms with Crippen molar-refractivity contribution in [1.82, 2.24) is 15.1 Å². The molecule has 1 saturated heterocycles. The lowest BCUT2D eigenvalue weighted by molar-refractivity contribution is 0.0720. The van der Waals surface area contributed by atoms with E-state index in [1.807, 2.05) is 0 Å². The normalized spacial score (nSPS) is 24.0. The van der Waals surface area contributed by atoms with Crippen molar-refractivity contribution in [3.05, 3.63) is 28.2 Å². The zero-order chi connectivity index (χ0) is 12.4. The summed E-state index contributed by atoms with van der Waals surface area (Å²) >= 11 is 0. The molecule has 0 aliphatic carbocycles. The summed E-state index contributed by atoms with van der Waals surface area (Å²) in [4.78, 5) is 24.8. The Kier molecular flexibility index (Phi) is 3.23. The number of nitrogens with zero attached hydrogens (tertiary/aromatic N) is 2. The highest BCUT2D eigenvalue weighted by Gasteiger charge is 2.34. The number of nitrogens with one attached hydrogen (secondary N) is 1. The number of amides is 1. The van der Waals surface area contributed by atoms with Crippen LogP contribution in [0.1, 0.15) is 23.8 Å². The van der Waals surface area contributed by atoms with Crippen LogP contribution < -0.4 is 11.3 Å². The lowest BCUT2D eigenvalue weighted by Crippen LogP contribution is -2.42. The van der Waals surface area contributed by atoms with Gasteiger partial charge < -0.3 is 10.6 Å². The molecule has 0 bridgehead atoms. The SMILES string of the molecule is CC1CCN(C(=O)c2ccc(=O)[nH]n2)C1CN. The molecule has 2 heterocycles. The molecule has 6 heteroatoms. The standard InChI is InChI=1S/C11H16N4O2/c1-7-4-5-15(9(7)6-12)11(17)8-2-3-10(16)14-13-8/h2-3,7,9H,4-6,12H2,1H3,(H,14,16). The fraction of sp³-hybridized carbons (Fsp3) is 0.545. The van der Waals surface area contributed by atoms with E-state index in [0.717, 1.165) is 6.42 Å². The maximum atomic E-state index is 12.2. The van der Waals surface area contributed by atoms with Crippen molar-refractivity contribution in [3.63, 3.8) is 0 Å². The molecule has 1 aliphatic heterocycles. The van der Waals surface area contributed by atoms with Crippen molar-refractivity contribution >= 4 is 5.91 Å². The Morgan fingerprint density at radius 2 is 2.41 bits per heavy atom. The van der Waals surface area contributed by atoms with Gasteiger partial charge in [0.1, 0.15) is 5.69 Å². The summed E-state index contributed by atoms with van der Waals surface area (Å²) in [5.41, 5.74) is 5.63. The first kappa shape index (κ1) is 11.8. The summed E-state index contributed by atoms with van der Waals surface area (Å²) in [7, 11) is 0. The summed E-state index contributed by atoms with van der Waals surface area (Å²) in [6, 6.07) is 2.81. The second-order valence-electron chi connectivity index (χ2n) is 4.37. The Hall–Kier alpha value is -1.69. The highest BCUT2D eigenvalue weighted by Crippen LogP contribution is 2.24. The predicted molar refractivity (Wildman–Crippen MR) is 62.5 cm³/mol. The number of H-pyrrole nitrogens is 1. The summed E-state index contributed by atoms with van der Waals surface area (Å²) in [5, 5.41) is 6.01. The van der Waals surface area contributed by atoms with Crippen molar-refractivity contribution in [2.24, 2.45) is 11.7 Å². The van der Waals surface area contributed by atoms with E-state index in [-0.39, 0.29) is 23.2 Å². The zero-order valence-corrected chi connectivity index (χ0v) is 9.72. The largest absolute Gasteiger partial charge is 0.333 e. The average molecular weight is 236 g/mol. The van der Waals surface area contributed by atoms with Gasteiger partial charge in [0.15, 0.2) is 0 Å². The topological polar surface area (TPSA) is 92.1 Å². The molecule has 3 N–H and O–H groups in total. The first-order valence-electron chi connectivity index (χ1n) is 5.70. The molecule has 92 valence electrons. The van der Waals surface area contributed by atoms with E-state index >= 15 is 0 Å². The van der Waals surface area contributed by atoms with Crippen LogP contribution in [0.2, 0.25) is 0 Å². The molecule has 1 aliphatic rings. The third-order valence-corrected chi connectivity index (χ3v) is 3.28. The van der Waals surface area contributed by atoms with E-state index in [0.29, 0.717) is 19.0 Å². The van der Waals surface area contributed by atoms with E-state index in [9.17, 15) is 9.59 Å². The van der Waals surface area contributed by atoms with E-state index in [2.05, 4.69) is 17.1 Å². The van der Waals surface area contributed by atoms with Gasteiger partial charge >= 0.3 is 0 Å². The first-order valence-corrected chi connectivity index (χ1v) is 5.70. The lowest BCUT2D eigenvalue weighted by atomic mass is 10.0. The maximum Gasteiger partial charge on any atom is 0.274 e. The highest BCUT2D eigenvalue weighted by molar-refractivity contribution is 5.92. The van der Waals surface area contributed by atoms with Gasteiger partial charge in [0.05, 0.1) is 0 Å². The Labute approximate surface area is 98.8 Å². The first-order chi connectivity index (χ1) is 8.13. The molecular weight excluding hydrogens is 220 g/mol. The number of carbonyl (C=O) groups is 1. The van der Waals surface area contributed by atoms with Gasteiger partial charge in [0.25, 0.3) is 11.5 Å². The fourth-order valence-electron chi connectivity index (χ4n) is 2.23. The maximum absolute atomic E-state index is 12.2. The molecule has 2 rings (SSSR count). The number of carbonyl (C=O) groups excluding carboxylic acids is 1. The van der Waals surface area contributed by atoms with Crippen molar-refractivity contribution in [2.45, 2.75) is 19.4 Å². The summed E-state index contributed by atoms with van der Waals surface area (Å²) in [5.74, 6) is 0.243. The van der Waals surface area contributed by atoms with E-state index in [1.165, 1.54) is 12.1 Å². The third kappa shape index (κ3) is 2.21. The minimum Gasteiger partial charge on any atom is -0.333 e. The number of hydrogen-bond donors (Lipinski definition) is 2. The van der Waals surface area contributed by atoms with Crippen LogP contribution in [0.5, 0.6) is 0 Å². The molecule has 1 amide bonds. The Morgan fingerprint density at radius 1 is 1.65 bits per heavy atom. The van der Waals surface area contributed by atoms with E-state index in [1.54, 1.807) is 4.90 Å². The monoisotopic (exact) mass is 236 g/mol. The predicted octanol–water partition coefficient (Wildman–Crippen LogP) is -0.421. The molecule has 0 radical (unpaired) electrons. The van der Waals surface area contributed by atoms with Gasteiger partial charge in [-0.25, -0.2) is 5.10 Å². The Balaban J connectivity index is 2.20. The smallest absolute Gasteiger partial charge is 0.274 e. The molecule has 0 saturated carbocycles. The molecule has 1 aromatic rings. The number of aromatic amines is 1. The van der Waals surface area contributed by atoms with Crippen molar-refractivity contribution in [1.29, 1.82) is 0 Å². The second-order valence-corrected chi connectivity index (χ2v) is 4.37. The molecule has 0 aromatic carbocycles. The number of aromatic nitrogens is 2. The van der Waals surface area contributed by atoms with E-state index < -0.39 is 0 Å². The van der Waals surface area contributed by atoms with Gasteiger partial charge in [0, 0.05) is 25.2 Å². The van der Waals surface area contributed by atoms with Crippen LogP contribution in [0.4, 0.5) is 0 Å². The van der Waals surface area contributed by atoms with Crippen molar-refractivity contribution < 1.29 is 4.79 Å². The molecule has 6 nitrogen and oxygen atoms in total. The van der Waals surface area contributed by atoms with Crippen LogP contribution in [0.3, 0.4) is 0 Å². The minimum absolute atomic E-state index is 0.0660. The number of nitrogens with two attached hydrogens (primary N) is 1. The van der Waals surface area contributed by atoms with Gasteiger partial charge in [-0.2, -0.15) is 5.10 Å². The van der Waals surface area contributed by atoms with Gasteiger partial charge in [-0.1, -0.05) is 6.92 Å². The van der Waals surface area contributed by atoms with Crippen LogP contribution in [0.25, 0.3) is 0 Å².